The fourth-order valence-corrected chi connectivity index (χ4v) is 2.56. The third kappa shape index (κ3) is 3.44. The summed E-state index contributed by atoms with van der Waals surface area (Å²) >= 11 is 6.29. The molecule has 2 nitrogen and oxygen atoms in total. The van der Waals surface area contributed by atoms with Gasteiger partial charge in [0, 0.05) is 37.7 Å². The summed E-state index contributed by atoms with van der Waals surface area (Å²) in [5.41, 5.74) is 3.90. The second-order valence-corrected chi connectivity index (χ2v) is 5.28. The number of halogens is 1. The van der Waals surface area contributed by atoms with Crippen molar-refractivity contribution in [3.63, 3.8) is 0 Å². The molecule has 1 N–H and O–H groups in total. The van der Waals surface area contributed by atoms with Crippen LogP contribution in [-0.4, -0.2) is 37.6 Å². The SMILES string of the molecule is Cc1cc(Cl)c(CCN2CCNCC2)cc1C. The first-order valence-corrected chi connectivity index (χ1v) is 6.73. The molecule has 0 saturated carbocycles. The van der Waals surface area contributed by atoms with Gasteiger partial charge >= 0.3 is 0 Å². The predicted molar refractivity (Wildman–Crippen MR) is 73.9 cm³/mol. The summed E-state index contributed by atoms with van der Waals surface area (Å²) < 4.78 is 0. The van der Waals surface area contributed by atoms with Gasteiger partial charge in [-0.05, 0) is 43.0 Å². The first kappa shape index (κ1) is 12.9. The number of nitrogens with zero attached hydrogens (tertiary/aromatic N) is 1. The second kappa shape index (κ2) is 5.85. The van der Waals surface area contributed by atoms with Crippen molar-refractivity contribution in [2.75, 3.05) is 32.7 Å². The van der Waals surface area contributed by atoms with Gasteiger partial charge in [-0.15, -0.1) is 0 Å². The first-order chi connectivity index (χ1) is 8.16. The average molecular weight is 253 g/mol. The van der Waals surface area contributed by atoms with Crippen LogP contribution >= 0.6 is 11.6 Å². The third-order valence-electron chi connectivity index (χ3n) is 3.57. The zero-order valence-electron chi connectivity index (χ0n) is 10.7. The highest BCUT2D eigenvalue weighted by Gasteiger charge is 2.10. The van der Waals surface area contributed by atoms with Crippen LogP contribution in [0.25, 0.3) is 0 Å². The molecule has 0 atom stereocenters. The minimum absolute atomic E-state index is 0.920. The molecule has 0 amide bonds. The maximum Gasteiger partial charge on any atom is 0.0441 e. The topological polar surface area (TPSA) is 15.3 Å². The van der Waals surface area contributed by atoms with Gasteiger partial charge in [-0.3, -0.25) is 0 Å². The van der Waals surface area contributed by atoms with Gasteiger partial charge < -0.3 is 10.2 Å². The van der Waals surface area contributed by atoms with E-state index in [0.717, 1.165) is 44.2 Å². The zero-order valence-corrected chi connectivity index (χ0v) is 11.5. The number of benzene rings is 1. The van der Waals surface area contributed by atoms with Crippen molar-refractivity contribution in [2.24, 2.45) is 0 Å². The van der Waals surface area contributed by atoms with Gasteiger partial charge in [0.05, 0.1) is 0 Å². The van der Waals surface area contributed by atoms with E-state index in [4.69, 9.17) is 11.6 Å². The summed E-state index contributed by atoms with van der Waals surface area (Å²) in [6.45, 7) is 9.91. The molecule has 0 unspecified atom stereocenters. The van der Waals surface area contributed by atoms with Crippen LogP contribution < -0.4 is 5.32 Å². The van der Waals surface area contributed by atoms with Crippen LogP contribution in [0.1, 0.15) is 16.7 Å². The van der Waals surface area contributed by atoms with E-state index in [1.165, 1.54) is 16.7 Å². The van der Waals surface area contributed by atoms with E-state index in [0.29, 0.717) is 0 Å². The molecule has 1 aromatic carbocycles. The number of rotatable bonds is 3. The van der Waals surface area contributed by atoms with Crippen molar-refractivity contribution in [2.45, 2.75) is 20.3 Å². The lowest BCUT2D eigenvalue weighted by Gasteiger charge is -2.27. The van der Waals surface area contributed by atoms with Crippen molar-refractivity contribution in [3.8, 4) is 0 Å². The molecule has 1 aromatic rings. The number of aryl methyl sites for hydroxylation is 2. The Labute approximate surface area is 109 Å². The molecule has 1 aliphatic heterocycles. The molecule has 1 aliphatic rings. The maximum absolute atomic E-state index is 6.29. The average Bonchev–Trinajstić information content (AvgIpc) is 2.33. The first-order valence-electron chi connectivity index (χ1n) is 6.35. The molecule has 0 bridgehead atoms. The summed E-state index contributed by atoms with van der Waals surface area (Å²) in [6.07, 6.45) is 1.06. The fraction of sp³-hybridized carbons (Fsp3) is 0.571. The zero-order chi connectivity index (χ0) is 12.3. The normalized spacial score (nSPS) is 17.4. The summed E-state index contributed by atoms with van der Waals surface area (Å²) in [5, 5.41) is 4.29. The van der Waals surface area contributed by atoms with E-state index in [2.05, 4.69) is 36.2 Å². The lowest BCUT2D eigenvalue weighted by atomic mass is 10.0. The molecule has 0 aromatic heterocycles. The molecule has 17 heavy (non-hydrogen) atoms. The minimum Gasteiger partial charge on any atom is -0.314 e. The molecule has 0 spiro atoms. The van der Waals surface area contributed by atoms with E-state index in [1.807, 2.05) is 0 Å². The highest BCUT2D eigenvalue weighted by Crippen LogP contribution is 2.21. The van der Waals surface area contributed by atoms with E-state index in [1.54, 1.807) is 0 Å². The molecule has 3 heteroatoms. The van der Waals surface area contributed by atoms with Gasteiger partial charge in [-0.2, -0.15) is 0 Å². The van der Waals surface area contributed by atoms with Crippen LogP contribution in [0.15, 0.2) is 12.1 Å². The number of hydrogen-bond acceptors (Lipinski definition) is 2. The van der Waals surface area contributed by atoms with Crippen molar-refractivity contribution in [1.82, 2.24) is 10.2 Å². The summed E-state index contributed by atoms with van der Waals surface area (Å²) in [5.74, 6) is 0. The van der Waals surface area contributed by atoms with Gasteiger partial charge in [-0.25, -0.2) is 0 Å². The third-order valence-corrected chi connectivity index (χ3v) is 3.92. The summed E-state index contributed by atoms with van der Waals surface area (Å²) in [4.78, 5) is 2.50. The Kier molecular flexibility index (Phi) is 4.43. The van der Waals surface area contributed by atoms with Crippen molar-refractivity contribution in [3.05, 3.63) is 33.8 Å². The van der Waals surface area contributed by atoms with E-state index >= 15 is 0 Å². The van der Waals surface area contributed by atoms with Crippen LogP contribution in [0.4, 0.5) is 0 Å². The van der Waals surface area contributed by atoms with Gasteiger partial charge in [0.1, 0.15) is 0 Å². The number of hydrogen-bond donors (Lipinski definition) is 1. The van der Waals surface area contributed by atoms with Gasteiger partial charge in [0.25, 0.3) is 0 Å². The molecule has 0 aliphatic carbocycles. The smallest absolute Gasteiger partial charge is 0.0441 e. The van der Waals surface area contributed by atoms with Gasteiger partial charge in [0.15, 0.2) is 0 Å². The van der Waals surface area contributed by atoms with Crippen molar-refractivity contribution >= 4 is 11.6 Å². The van der Waals surface area contributed by atoms with E-state index < -0.39 is 0 Å². The second-order valence-electron chi connectivity index (χ2n) is 4.87. The van der Waals surface area contributed by atoms with Crippen LogP contribution in [0.2, 0.25) is 5.02 Å². The lowest BCUT2D eigenvalue weighted by Crippen LogP contribution is -2.44. The van der Waals surface area contributed by atoms with Gasteiger partial charge in [0.2, 0.25) is 0 Å². The number of piperazine rings is 1. The lowest BCUT2D eigenvalue weighted by molar-refractivity contribution is 0.244. The fourth-order valence-electron chi connectivity index (χ4n) is 2.25. The predicted octanol–water partition coefficient (Wildman–Crippen LogP) is 2.40. The molecule has 1 heterocycles. The highest BCUT2D eigenvalue weighted by molar-refractivity contribution is 6.31. The van der Waals surface area contributed by atoms with Crippen LogP contribution in [0.3, 0.4) is 0 Å². The Morgan fingerprint density at radius 3 is 2.53 bits per heavy atom. The number of nitrogens with one attached hydrogen (secondary N) is 1. The quantitative estimate of drug-likeness (QED) is 0.889. The standard InChI is InChI=1S/C14H21ClN2/c1-11-9-13(14(15)10-12(11)2)3-6-17-7-4-16-5-8-17/h9-10,16H,3-8H2,1-2H3. The molecular weight excluding hydrogens is 232 g/mol. The Bertz CT molecular complexity index is 384. The van der Waals surface area contributed by atoms with Gasteiger partial charge in [-0.1, -0.05) is 17.7 Å². The van der Waals surface area contributed by atoms with Crippen LogP contribution in [0, 0.1) is 13.8 Å². The molecule has 94 valence electrons. The molecule has 0 radical (unpaired) electrons. The largest absolute Gasteiger partial charge is 0.314 e. The maximum atomic E-state index is 6.29. The Morgan fingerprint density at radius 2 is 1.82 bits per heavy atom. The highest BCUT2D eigenvalue weighted by atomic mass is 35.5. The Morgan fingerprint density at radius 1 is 1.18 bits per heavy atom. The van der Waals surface area contributed by atoms with E-state index in [-0.39, 0.29) is 0 Å². The Hall–Kier alpha value is -0.570. The molecule has 2 rings (SSSR count). The Balaban J connectivity index is 1.96. The molecule has 1 saturated heterocycles. The van der Waals surface area contributed by atoms with Crippen molar-refractivity contribution in [1.29, 1.82) is 0 Å². The monoisotopic (exact) mass is 252 g/mol. The van der Waals surface area contributed by atoms with Crippen LogP contribution in [0.5, 0.6) is 0 Å². The van der Waals surface area contributed by atoms with E-state index in [9.17, 15) is 0 Å². The minimum atomic E-state index is 0.920. The summed E-state index contributed by atoms with van der Waals surface area (Å²) in [6, 6.07) is 4.32. The summed E-state index contributed by atoms with van der Waals surface area (Å²) in [7, 11) is 0. The molecule has 1 fully saturated rings. The van der Waals surface area contributed by atoms with Crippen molar-refractivity contribution < 1.29 is 0 Å². The van der Waals surface area contributed by atoms with Crippen LogP contribution in [-0.2, 0) is 6.42 Å². The molecular formula is C14H21ClN2.